The highest BCUT2D eigenvalue weighted by Gasteiger charge is 2.29. The van der Waals surface area contributed by atoms with Crippen LogP contribution in [0.2, 0.25) is 0 Å². The number of carbonyl (C=O) groups is 1. The molecule has 2 rings (SSSR count). The minimum atomic E-state index is -0.781. The molecule has 0 aliphatic carbocycles. The Morgan fingerprint density at radius 2 is 2.17 bits per heavy atom. The number of hydrogen-bond acceptors (Lipinski definition) is 3. The maximum Gasteiger partial charge on any atom is 0.251 e. The van der Waals surface area contributed by atoms with Crippen LogP contribution in [0.3, 0.4) is 0 Å². The number of anilines is 1. The summed E-state index contributed by atoms with van der Waals surface area (Å²) in [5, 5.41) is 6.36. The number of amides is 1. The van der Waals surface area contributed by atoms with Crippen molar-refractivity contribution in [3.8, 4) is 0 Å². The van der Waals surface area contributed by atoms with E-state index in [2.05, 4.69) is 22.8 Å². The molecule has 1 unspecified atom stereocenters. The van der Waals surface area contributed by atoms with Gasteiger partial charge in [-0.05, 0) is 31.9 Å². The molecule has 1 atom stereocenters. The van der Waals surface area contributed by atoms with Gasteiger partial charge >= 0.3 is 0 Å². The van der Waals surface area contributed by atoms with Gasteiger partial charge in [0.05, 0.1) is 6.04 Å². The van der Waals surface area contributed by atoms with Crippen LogP contribution in [0.4, 0.5) is 5.69 Å². The summed E-state index contributed by atoms with van der Waals surface area (Å²) in [5.74, 6) is -0.0730. The second-order valence-corrected chi connectivity index (χ2v) is 5.13. The van der Waals surface area contributed by atoms with Gasteiger partial charge in [0.15, 0.2) is 0 Å². The summed E-state index contributed by atoms with van der Waals surface area (Å²) in [6.45, 7) is 4.29. The summed E-state index contributed by atoms with van der Waals surface area (Å²) < 4.78 is 5.18. The summed E-state index contributed by atoms with van der Waals surface area (Å²) in [6.07, 6.45) is 0.856. The topological polar surface area (TPSA) is 50.4 Å². The van der Waals surface area contributed by atoms with E-state index >= 15 is 0 Å². The lowest BCUT2D eigenvalue weighted by Gasteiger charge is -2.30. The second-order valence-electron chi connectivity index (χ2n) is 5.13. The largest absolute Gasteiger partial charge is 0.383 e. The highest BCUT2D eigenvalue weighted by atomic mass is 16.5. The summed E-state index contributed by atoms with van der Waals surface area (Å²) in [6, 6.07) is 8.29. The van der Waals surface area contributed by atoms with Crippen LogP contribution in [0.1, 0.15) is 19.4 Å². The zero-order valence-corrected chi connectivity index (χ0v) is 11.1. The number of benzene rings is 1. The van der Waals surface area contributed by atoms with Crippen LogP contribution < -0.4 is 10.6 Å². The highest BCUT2D eigenvalue weighted by Crippen LogP contribution is 2.21. The van der Waals surface area contributed by atoms with E-state index in [1.54, 1.807) is 21.0 Å². The van der Waals surface area contributed by atoms with Crippen molar-refractivity contribution in [3.63, 3.8) is 0 Å². The van der Waals surface area contributed by atoms with Crippen LogP contribution in [0.15, 0.2) is 24.3 Å². The van der Waals surface area contributed by atoms with Crippen molar-refractivity contribution in [2.45, 2.75) is 31.9 Å². The quantitative estimate of drug-likeness (QED) is 0.853. The van der Waals surface area contributed by atoms with Gasteiger partial charge in [-0.3, -0.25) is 4.79 Å². The Hall–Kier alpha value is -1.55. The van der Waals surface area contributed by atoms with Crippen LogP contribution >= 0.6 is 0 Å². The predicted octanol–water partition coefficient (Wildman–Crippen LogP) is 1.56. The van der Waals surface area contributed by atoms with Crippen LogP contribution in [0.5, 0.6) is 0 Å². The Balaban J connectivity index is 2.00. The Kier molecular flexibility index (Phi) is 3.57. The van der Waals surface area contributed by atoms with Crippen molar-refractivity contribution < 1.29 is 9.53 Å². The molecule has 98 valence electrons. The third-order valence-electron chi connectivity index (χ3n) is 3.41. The molecule has 1 heterocycles. The molecule has 0 radical (unpaired) electrons. The molecule has 1 aromatic rings. The molecule has 1 aliphatic rings. The molecule has 0 aromatic heterocycles. The lowest BCUT2D eigenvalue weighted by atomic mass is 9.98. The van der Waals surface area contributed by atoms with Crippen molar-refractivity contribution in [1.82, 2.24) is 5.32 Å². The van der Waals surface area contributed by atoms with Crippen LogP contribution in [0, 0.1) is 0 Å². The number of rotatable bonds is 3. The van der Waals surface area contributed by atoms with Crippen molar-refractivity contribution in [2.24, 2.45) is 0 Å². The highest BCUT2D eigenvalue weighted by molar-refractivity contribution is 5.84. The summed E-state index contributed by atoms with van der Waals surface area (Å²) in [5.41, 5.74) is 1.62. The standard InChI is InChI=1S/C14H20N2O2/c1-14(2,18-3)13(17)16-11-8-10-6-4-5-7-12(10)15-9-11/h4-7,11,15H,8-9H2,1-3H3,(H,16,17). The van der Waals surface area contributed by atoms with E-state index < -0.39 is 5.60 Å². The fourth-order valence-electron chi connectivity index (χ4n) is 2.00. The van der Waals surface area contributed by atoms with E-state index in [9.17, 15) is 4.79 Å². The minimum Gasteiger partial charge on any atom is -0.383 e. The van der Waals surface area contributed by atoms with Crippen molar-refractivity contribution in [2.75, 3.05) is 19.0 Å². The van der Waals surface area contributed by atoms with Gasteiger partial charge in [0.2, 0.25) is 0 Å². The molecule has 1 amide bonds. The predicted molar refractivity (Wildman–Crippen MR) is 71.7 cm³/mol. The monoisotopic (exact) mass is 248 g/mol. The maximum absolute atomic E-state index is 12.0. The molecule has 1 aromatic carbocycles. The molecular weight excluding hydrogens is 228 g/mol. The van der Waals surface area contributed by atoms with Gasteiger partial charge in [0.25, 0.3) is 5.91 Å². The molecule has 1 aliphatic heterocycles. The fraction of sp³-hybridized carbons (Fsp3) is 0.500. The number of methoxy groups -OCH3 is 1. The molecule has 4 nitrogen and oxygen atoms in total. The minimum absolute atomic E-state index is 0.0730. The lowest BCUT2D eigenvalue weighted by Crippen LogP contribution is -2.51. The van der Waals surface area contributed by atoms with E-state index in [0.29, 0.717) is 0 Å². The molecule has 18 heavy (non-hydrogen) atoms. The first-order valence-electron chi connectivity index (χ1n) is 6.21. The molecule has 2 N–H and O–H groups in total. The van der Waals surface area contributed by atoms with Gasteiger partial charge in [0.1, 0.15) is 5.60 Å². The SMILES string of the molecule is COC(C)(C)C(=O)NC1CNc2ccccc2C1. The van der Waals surface area contributed by atoms with Crippen LogP contribution in [-0.2, 0) is 16.0 Å². The van der Waals surface area contributed by atoms with Crippen LogP contribution in [0.25, 0.3) is 0 Å². The van der Waals surface area contributed by atoms with Gasteiger partial charge < -0.3 is 15.4 Å². The Labute approximate surface area is 108 Å². The van der Waals surface area contributed by atoms with E-state index in [-0.39, 0.29) is 11.9 Å². The lowest BCUT2D eigenvalue weighted by molar-refractivity contribution is -0.140. The number of fused-ring (bicyclic) bond motifs is 1. The second kappa shape index (κ2) is 4.98. The Morgan fingerprint density at radius 3 is 2.89 bits per heavy atom. The first-order valence-corrected chi connectivity index (χ1v) is 6.21. The average molecular weight is 248 g/mol. The number of hydrogen-bond donors (Lipinski definition) is 2. The zero-order chi connectivity index (χ0) is 13.2. The third kappa shape index (κ3) is 2.64. The molecule has 0 saturated heterocycles. The molecule has 0 fully saturated rings. The normalized spacial score (nSPS) is 18.7. The molecule has 4 heteroatoms. The molecule has 0 bridgehead atoms. The van der Waals surface area contributed by atoms with Crippen molar-refractivity contribution in [1.29, 1.82) is 0 Å². The van der Waals surface area contributed by atoms with Gasteiger partial charge in [0, 0.05) is 19.3 Å². The fourth-order valence-corrected chi connectivity index (χ4v) is 2.00. The van der Waals surface area contributed by atoms with Crippen LogP contribution in [-0.4, -0.2) is 31.2 Å². The smallest absolute Gasteiger partial charge is 0.251 e. The summed E-state index contributed by atoms with van der Waals surface area (Å²) in [7, 11) is 1.55. The summed E-state index contributed by atoms with van der Waals surface area (Å²) >= 11 is 0. The first kappa shape index (κ1) is 12.9. The zero-order valence-electron chi connectivity index (χ0n) is 11.1. The molecule has 0 saturated carbocycles. The Morgan fingerprint density at radius 1 is 1.44 bits per heavy atom. The van der Waals surface area contributed by atoms with Gasteiger partial charge in [-0.15, -0.1) is 0 Å². The van der Waals surface area contributed by atoms with E-state index in [0.717, 1.165) is 18.7 Å². The van der Waals surface area contributed by atoms with Crippen molar-refractivity contribution >= 4 is 11.6 Å². The Bertz CT molecular complexity index is 443. The van der Waals surface area contributed by atoms with Gasteiger partial charge in [-0.1, -0.05) is 18.2 Å². The third-order valence-corrected chi connectivity index (χ3v) is 3.41. The van der Waals surface area contributed by atoms with E-state index in [1.165, 1.54) is 5.56 Å². The summed E-state index contributed by atoms with van der Waals surface area (Å²) in [4.78, 5) is 12.0. The van der Waals surface area contributed by atoms with E-state index in [1.807, 2.05) is 12.1 Å². The molecular formula is C14H20N2O2. The molecule has 0 spiro atoms. The van der Waals surface area contributed by atoms with Crippen molar-refractivity contribution in [3.05, 3.63) is 29.8 Å². The number of para-hydroxylation sites is 1. The number of carbonyl (C=O) groups excluding carboxylic acids is 1. The first-order chi connectivity index (χ1) is 8.53. The number of nitrogens with one attached hydrogen (secondary N) is 2. The van der Waals surface area contributed by atoms with E-state index in [4.69, 9.17) is 4.74 Å². The average Bonchev–Trinajstić information content (AvgIpc) is 2.38. The van der Waals surface area contributed by atoms with Gasteiger partial charge in [-0.2, -0.15) is 0 Å². The van der Waals surface area contributed by atoms with Gasteiger partial charge in [-0.25, -0.2) is 0 Å². The number of ether oxygens (including phenoxy) is 1. The maximum atomic E-state index is 12.0.